The van der Waals surface area contributed by atoms with Crippen molar-refractivity contribution in [2.24, 2.45) is 0 Å². The van der Waals surface area contributed by atoms with Crippen molar-refractivity contribution in [3.63, 3.8) is 0 Å². The average molecular weight is 359 g/mol. The molecular weight excluding hydrogens is 348 g/mol. The number of hydrazine groups is 1. The molecule has 0 saturated carbocycles. The quantitative estimate of drug-likeness (QED) is 0.640. The summed E-state index contributed by atoms with van der Waals surface area (Å²) in [6.45, 7) is 0. The molecule has 6 heteroatoms. The summed E-state index contributed by atoms with van der Waals surface area (Å²) < 4.78 is 0.493. The summed E-state index contributed by atoms with van der Waals surface area (Å²) >= 11 is 3.20. The van der Waals surface area contributed by atoms with E-state index < -0.39 is 11.8 Å². The maximum atomic E-state index is 12.4. The molecule has 0 unspecified atom stereocenters. The third-order valence-corrected chi connectivity index (χ3v) is 3.82. The fourth-order valence-corrected chi connectivity index (χ4v) is 2.49. The van der Waals surface area contributed by atoms with Crippen molar-refractivity contribution >= 4 is 39.5 Å². The van der Waals surface area contributed by atoms with Gasteiger partial charge in [-0.25, -0.2) is 5.01 Å². The molecule has 2 aromatic carbocycles. The van der Waals surface area contributed by atoms with Crippen molar-refractivity contribution in [1.82, 2.24) is 5.43 Å². The van der Waals surface area contributed by atoms with Crippen LogP contribution in [0.2, 0.25) is 0 Å². The number of hydrogen-bond acceptors (Lipinski definition) is 3. The van der Waals surface area contributed by atoms with Crippen molar-refractivity contribution in [3.05, 3.63) is 64.1 Å². The first-order valence-electron chi connectivity index (χ1n) is 6.47. The molecule has 5 nitrogen and oxygen atoms in total. The first-order valence-corrected chi connectivity index (χ1v) is 7.26. The fraction of sp³-hybridized carbons (Fsp3) is 0. The zero-order chi connectivity index (χ0) is 15.7. The van der Waals surface area contributed by atoms with Crippen LogP contribution in [0.25, 0.3) is 6.08 Å². The second kappa shape index (κ2) is 5.65. The van der Waals surface area contributed by atoms with Gasteiger partial charge in [0.25, 0.3) is 11.8 Å². The number of carbonyl (C=O) groups is 2. The van der Waals surface area contributed by atoms with Gasteiger partial charge in [0.05, 0.1) is 10.2 Å². The van der Waals surface area contributed by atoms with Gasteiger partial charge < -0.3 is 5.11 Å². The Kier molecular flexibility index (Phi) is 3.68. The summed E-state index contributed by atoms with van der Waals surface area (Å²) in [5, 5.41) is 10.7. The molecule has 1 fully saturated rings. The third-order valence-electron chi connectivity index (χ3n) is 3.19. The van der Waals surface area contributed by atoms with Gasteiger partial charge in [-0.3, -0.25) is 15.0 Å². The number of halogens is 1. The van der Waals surface area contributed by atoms with Gasteiger partial charge in [-0.05, 0) is 51.8 Å². The molecule has 1 heterocycles. The lowest BCUT2D eigenvalue weighted by Crippen LogP contribution is -2.35. The molecule has 0 spiro atoms. The van der Waals surface area contributed by atoms with E-state index in [-0.39, 0.29) is 11.3 Å². The Morgan fingerprint density at radius 3 is 2.50 bits per heavy atom. The topological polar surface area (TPSA) is 69.6 Å². The van der Waals surface area contributed by atoms with E-state index in [1.165, 1.54) is 17.2 Å². The number of phenols is 1. The number of benzene rings is 2. The Hall–Kier alpha value is -2.60. The smallest absolute Gasteiger partial charge is 0.282 e. The minimum atomic E-state index is -0.460. The molecule has 1 saturated heterocycles. The predicted molar refractivity (Wildman–Crippen MR) is 85.9 cm³/mol. The maximum Gasteiger partial charge on any atom is 0.282 e. The molecule has 0 bridgehead atoms. The molecule has 110 valence electrons. The van der Waals surface area contributed by atoms with Crippen molar-refractivity contribution in [2.45, 2.75) is 0 Å². The van der Waals surface area contributed by atoms with Gasteiger partial charge in [0.1, 0.15) is 11.3 Å². The monoisotopic (exact) mass is 358 g/mol. The van der Waals surface area contributed by atoms with E-state index in [1.54, 1.807) is 36.4 Å². The molecule has 2 amide bonds. The van der Waals surface area contributed by atoms with Gasteiger partial charge >= 0.3 is 0 Å². The molecule has 0 aromatic heterocycles. The number of rotatable bonds is 2. The predicted octanol–water partition coefficient (Wildman–Crippen LogP) is 2.62. The summed E-state index contributed by atoms with van der Waals surface area (Å²) in [6.07, 6.45) is 1.49. The van der Waals surface area contributed by atoms with Crippen LogP contribution >= 0.6 is 15.9 Å². The van der Waals surface area contributed by atoms with E-state index in [0.717, 1.165) is 0 Å². The van der Waals surface area contributed by atoms with Crippen LogP contribution in [0.3, 0.4) is 0 Å². The lowest BCUT2D eigenvalue weighted by atomic mass is 10.1. The number of aromatic hydroxyl groups is 1. The van der Waals surface area contributed by atoms with E-state index in [9.17, 15) is 14.7 Å². The number of amides is 2. The zero-order valence-electron chi connectivity index (χ0n) is 11.3. The van der Waals surface area contributed by atoms with E-state index >= 15 is 0 Å². The molecule has 1 aliphatic heterocycles. The number of para-hydroxylation sites is 1. The summed E-state index contributed by atoms with van der Waals surface area (Å²) in [5.41, 5.74) is 3.81. The minimum Gasteiger partial charge on any atom is -0.507 e. The van der Waals surface area contributed by atoms with E-state index in [2.05, 4.69) is 21.4 Å². The minimum absolute atomic E-state index is 0.0430. The Labute approximate surface area is 135 Å². The standard InChI is InChI=1S/C16H11BrN2O3/c17-13-9-10(6-7-14(13)20)8-12-15(21)18-19(16(12)22)11-4-2-1-3-5-11/h1-9,20H,(H,18,21). The normalized spacial score (nSPS) is 16.2. The zero-order valence-corrected chi connectivity index (χ0v) is 12.9. The number of nitrogens with zero attached hydrogens (tertiary/aromatic N) is 1. The average Bonchev–Trinajstić information content (AvgIpc) is 2.80. The molecule has 1 aliphatic rings. The SMILES string of the molecule is O=C1NN(c2ccccc2)C(=O)C1=Cc1ccc(O)c(Br)c1. The Bertz CT molecular complexity index is 787. The first kappa shape index (κ1) is 14.3. The van der Waals surface area contributed by atoms with Gasteiger partial charge in [-0.2, -0.15) is 0 Å². The number of carbonyl (C=O) groups excluding carboxylic acids is 2. The summed E-state index contributed by atoms with van der Waals surface area (Å²) in [7, 11) is 0. The molecule has 0 radical (unpaired) electrons. The van der Waals surface area contributed by atoms with Gasteiger partial charge in [0, 0.05) is 0 Å². The van der Waals surface area contributed by atoms with Crippen LogP contribution in [-0.4, -0.2) is 16.9 Å². The summed E-state index contributed by atoms with van der Waals surface area (Å²) in [5.74, 6) is -0.784. The largest absolute Gasteiger partial charge is 0.507 e. The number of anilines is 1. The lowest BCUT2D eigenvalue weighted by Gasteiger charge is -2.13. The van der Waals surface area contributed by atoms with Crippen molar-refractivity contribution in [3.8, 4) is 5.75 Å². The van der Waals surface area contributed by atoms with Crippen molar-refractivity contribution in [2.75, 3.05) is 5.01 Å². The van der Waals surface area contributed by atoms with Gasteiger partial charge in [-0.15, -0.1) is 0 Å². The number of phenolic OH excluding ortho intramolecular Hbond substituents is 1. The van der Waals surface area contributed by atoms with Crippen molar-refractivity contribution in [1.29, 1.82) is 0 Å². The molecular formula is C16H11BrN2O3. The fourth-order valence-electron chi connectivity index (χ4n) is 2.10. The second-order valence-corrected chi connectivity index (χ2v) is 5.54. The van der Waals surface area contributed by atoms with Crippen LogP contribution in [0.1, 0.15) is 5.56 Å². The molecule has 0 atom stereocenters. The highest BCUT2D eigenvalue weighted by atomic mass is 79.9. The highest BCUT2D eigenvalue weighted by Gasteiger charge is 2.34. The van der Waals surface area contributed by atoms with Crippen LogP contribution in [0, 0.1) is 0 Å². The molecule has 2 aromatic rings. The Balaban J connectivity index is 1.94. The van der Waals surface area contributed by atoms with Gasteiger partial charge in [-0.1, -0.05) is 24.3 Å². The van der Waals surface area contributed by atoms with E-state index in [0.29, 0.717) is 15.7 Å². The number of nitrogens with one attached hydrogen (secondary N) is 1. The summed E-state index contributed by atoms with van der Waals surface area (Å²) in [4.78, 5) is 24.4. The molecule has 0 aliphatic carbocycles. The number of hydrogen-bond donors (Lipinski definition) is 2. The third kappa shape index (κ3) is 2.60. The lowest BCUT2D eigenvalue weighted by molar-refractivity contribution is -0.117. The molecule has 3 rings (SSSR count). The Morgan fingerprint density at radius 1 is 1.09 bits per heavy atom. The Morgan fingerprint density at radius 2 is 1.82 bits per heavy atom. The van der Waals surface area contributed by atoms with Crippen molar-refractivity contribution < 1.29 is 14.7 Å². The summed E-state index contributed by atoms with van der Waals surface area (Å²) in [6, 6.07) is 13.6. The van der Waals surface area contributed by atoms with Crippen LogP contribution < -0.4 is 10.4 Å². The van der Waals surface area contributed by atoms with Crippen LogP contribution in [-0.2, 0) is 9.59 Å². The van der Waals surface area contributed by atoms with Crippen LogP contribution in [0.15, 0.2) is 58.6 Å². The molecule has 2 N–H and O–H groups in total. The van der Waals surface area contributed by atoms with E-state index in [4.69, 9.17) is 0 Å². The van der Waals surface area contributed by atoms with Gasteiger partial charge in [0.2, 0.25) is 0 Å². The van der Waals surface area contributed by atoms with Crippen LogP contribution in [0.4, 0.5) is 5.69 Å². The highest BCUT2D eigenvalue weighted by Crippen LogP contribution is 2.26. The second-order valence-electron chi connectivity index (χ2n) is 4.69. The van der Waals surface area contributed by atoms with Gasteiger partial charge in [0.15, 0.2) is 0 Å². The molecule has 22 heavy (non-hydrogen) atoms. The highest BCUT2D eigenvalue weighted by molar-refractivity contribution is 9.10. The van der Waals surface area contributed by atoms with Crippen LogP contribution in [0.5, 0.6) is 5.75 Å². The first-order chi connectivity index (χ1) is 10.6. The van der Waals surface area contributed by atoms with E-state index in [1.807, 2.05) is 6.07 Å². The maximum absolute atomic E-state index is 12.4.